The lowest BCUT2D eigenvalue weighted by Gasteiger charge is -2.32. The zero-order valence-electron chi connectivity index (χ0n) is 15.8. The zero-order chi connectivity index (χ0) is 19.9. The first kappa shape index (κ1) is 19.5. The molecule has 3 amide bonds. The second-order valence-corrected chi connectivity index (χ2v) is 6.67. The molecule has 0 saturated carbocycles. The average Bonchev–Trinajstić information content (AvgIpc) is 2.77. The molecule has 0 bridgehead atoms. The van der Waals surface area contributed by atoms with E-state index in [1.54, 1.807) is 52.3 Å². The van der Waals surface area contributed by atoms with E-state index in [0.29, 0.717) is 39.1 Å². The number of carbonyl (C=O) groups is 3. The van der Waals surface area contributed by atoms with E-state index in [1.165, 1.54) is 0 Å². The molecule has 1 aliphatic rings. The Hall–Kier alpha value is -3.29. The second-order valence-electron chi connectivity index (χ2n) is 6.67. The van der Waals surface area contributed by atoms with E-state index in [-0.39, 0.29) is 23.2 Å². The highest BCUT2D eigenvalue weighted by Crippen LogP contribution is 2.09. The predicted molar refractivity (Wildman–Crippen MR) is 103 cm³/mol. The first-order chi connectivity index (χ1) is 13.6. The Morgan fingerprint density at radius 2 is 1.75 bits per heavy atom. The van der Waals surface area contributed by atoms with Crippen LogP contribution in [0.4, 0.5) is 0 Å². The van der Waals surface area contributed by atoms with Gasteiger partial charge in [-0.2, -0.15) is 0 Å². The van der Waals surface area contributed by atoms with Crippen molar-refractivity contribution in [3.8, 4) is 0 Å². The Morgan fingerprint density at radius 1 is 1.07 bits per heavy atom. The predicted octanol–water partition coefficient (Wildman–Crippen LogP) is 0.706. The molecule has 2 aromatic rings. The second kappa shape index (κ2) is 9.07. The van der Waals surface area contributed by atoms with Gasteiger partial charge in [-0.15, -0.1) is 0 Å². The molecule has 0 radical (unpaired) electrons. The van der Waals surface area contributed by atoms with E-state index in [4.69, 9.17) is 0 Å². The standard InChI is InChI=1S/C20H23N5O3/c1-23(10-7-16-5-8-21-9-6-16)19(27)17-3-2-4-18(22-17)20(28)25-13-11-24(15-26)12-14-25/h2-6,8-9,15H,7,10-14H2,1H3. The highest BCUT2D eigenvalue weighted by Gasteiger charge is 2.23. The quantitative estimate of drug-likeness (QED) is 0.688. The summed E-state index contributed by atoms with van der Waals surface area (Å²) in [7, 11) is 1.72. The third-order valence-corrected chi connectivity index (χ3v) is 4.77. The van der Waals surface area contributed by atoms with Crippen LogP contribution in [-0.2, 0) is 11.2 Å². The average molecular weight is 381 g/mol. The lowest BCUT2D eigenvalue weighted by molar-refractivity contribution is -0.119. The Bertz CT molecular complexity index is 835. The van der Waals surface area contributed by atoms with Crippen LogP contribution < -0.4 is 0 Å². The molecule has 0 spiro atoms. The van der Waals surface area contributed by atoms with Gasteiger partial charge in [0.2, 0.25) is 6.41 Å². The number of hydrogen-bond acceptors (Lipinski definition) is 5. The van der Waals surface area contributed by atoms with Crippen molar-refractivity contribution < 1.29 is 14.4 Å². The number of likely N-dealkylation sites (N-methyl/N-ethyl adjacent to an activating group) is 1. The van der Waals surface area contributed by atoms with Gasteiger partial charge in [0.05, 0.1) is 0 Å². The maximum atomic E-state index is 12.7. The smallest absolute Gasteiger partial charge is 0.272 e. The third kappa shape index (κ3) is 4.70. The van der Waals surface area contributed by atoms with E-state index in [1.807, 2.05) is 12.1 Å². The molecule has 0 aromatic carbocycles. The van der Waals surface area contributed by atoms with Crippen LogP contribution >= 0.6 is 0 Å². The first-order valence-electron chi connectivity index (χ1n) is 9.18. The molecule has 2 aromatic heterocycles. The van der Waals surface area contributed by atoms with Gasteiger partial charge in [-0.3, -0.25) is 19.4 Å². The maximum absolute atomic E-state index is 12.7. The van der Waals surface area contributed by atoms with Crippen molar-refractivity contribution in [3.05, 3.63) is 59.7 Å². The lowest BCUT2D eigenvalue weighted by atomic mass is 10.2. The van der Waals surface area contributed by atoms with Crippen LogP contribution in [0, 0.1) is 0 Å². The van der Waals surface area contributed by atoms with Crippen molar-refractivity contribution in [1.82, 2.24) is 24.7 Å². The van der Waals surface area contributed by atoms with Crippen LogP contribution in [0.15, 0.2) is 42.7 Å². The fourth-order valence-electron chi connectivity index (χ4n) is 3.01. The van der Waals surface area contributed by atoms with Gasteiger partial charge in [0.25, 0.3) is 11.8 Å². The molecule has 0 N–H and O–H groups in total. The number of aromatic nitrogens is 2. The molecule has 0 atom stereocenters. The molecule has 146 valence electrons. The molecule has 3 heterocycles. The summed E-state index contributed by atoms with van der Waals surface area (Å²) in [4.78, 5) is 49.3. The summed E-state index contributed by atoms with van der Waals surface area (Å²) in [6, 6.07) is 8.74. The highest BCUT2D eigenvalue weighted by atomic mass is 16.2. The molecule has 1 aliphatic heterocycles. The fraction of sp³-hybridized carbons (Fsp3) is 0.350. The number of rotatable bonds is 6. The summed E-state index contributed by atoms with van der Waals surface area (Å²) in [6.07, 6.45) is 4.96. The minimum atomic E-state index is -0.227. The maximum Gasteiger partial charge on any atom is 0.272 e. The number of hydrogen-bond donors (Lipinski definition) is 0. The zero-order valence-corrected chi connectivity index (χ0v) is 15.8. The van der Waals surface area contributed by atoms with Gasteiger partial charge in [-0.25, -0.2) is 4.98 Å². The molecular formula is C20H23N5O3. The van der Waals surface area contributed by atoms with Crippen molar-refractivity contribution in [1.29, 1.82) is 0 Å². The van der Waals surface area contributed by atoms with Crippen LogP contribution in [0.3, 0.4) is 0 Å². The lowest BCUT2D eigenvalue weighted by Crippen LogP contribution is -2.48. The van der Waals surface area contributed by atoms with Crippen LogP contribution in [0.5, 0.6) is 0 Å². The normalized spacial score (nSPS) is 13.9. The van der Waals surface area contributed by atoms with Crippen molar-refractivity contribution >= 4 is 18.2 Å². The largest absolute Gasteiger partial charge is 0.342 e. The molecular weight excluding hydrogens is 358 g/mol. The summed E-state index contributed by atoms with van der Waals surface area (Å²) in [5.74, 6) is -0.450. The van der Waals surface area contributed by atoms with E-state index < -0.39 is 0 Å². The van der Waals surface area contributed by atoms with Gasteiger partial charge < -0.3 is 14.7 Å². The Kier molecular flexibility index (Phi) is 6.31. The number of amides is 3. The van der Waals surface area contributed by atoms with E-state index in [2.05, 4.69) is 9.97 Å². The van der Waals surface area contributed by atoms with Crippen LogP contribution in [0.1, 0.15) is 26.5 Å². The number of nitrogens with zero attached hydrogens (tertiary/aromatic N) is 5. The Morgan fingerprint density at radius 3 is 2.43 bits per heavy atom. The molecule has 8 heteroatoms. The fourth-order valence-corrected chi connectivity index (χ4v) is 3.01. The molecule has 0 aliphatic carbocycles. The van der Waals surface area contributed by atoms with E-state index in [0.717, 1.165) is 12.0 Å². The Balaban J connectivity index is 1.62. The number of piperazine rings is 1. The van der Waals surface area contributed by atoms with Gasteiger partial charge in [0, 0.05) is 52.2 Å². The van der Waals surface area contributed by atoms with E-state index in [9.17, 15) is 14.4 Å². The summed E-state index contributed by atoms with van der Waals surface area (Å²) < 4.78 is 0. The molecule has 1 fully saturated rings. The highest BCUT2D eigenvalue weighted by molar-refractivity contribution is 5.96. The summed E-state index contributed by atoms with van der Waals surface area (Å²) in [5.41, 5.74) is 1.59. The van der Waals surface area contributed by atoms with Gasteiger partial charge in [0.15, 0.2) is 0 Å². The monoisotopic (exact) mass is 381 g/mol. The van der Waals surface area contributed by atoms with Crippen molar-refractivity contribution in [2.45, 2.75) is 6.42 Å². The van der Waals surface area contributed by atoms with Gasteiger partial charge in [0.1, 0.15) is 11.4 Å². The minimum absolute atomic E-state index is 0.223. The van der Waals surface area contributed by atoms with Crippen molar-refractivity contribution in [2.24, 2.45) is 0 Å². The SMILES string of the molecule is CN(CCc1ccncc1)C(=O)c1cccc(C(=O)N2CCN(C=O)CC2)n1. The molecule has 0 unspecified atom stereocenters. The van der Waals surface area contributed by atoms with E-state index >= 15 is 0 Å². The van der Waals surface area contributed by atoms with Crippen molar-refractivity contribution in [3.63, 3.8) is 0 Å². The Labute approximate surface area is 163 Å². The van der Waals surface area contributed by atoms with Crippen LogP contribution in [-0.4, -0.2) is 82.7 Å². The molecule has 8 nitrogen and oxygen atoms in total. The number of pyridine rings is 2. The van der Waals surface area contributed by atoms with Crippen molar-refractivity contribution in [2.75, 3.05) is 39.8 Å². The summed E-state index contributed by atoms with van der Waals surface area (Å²) >= 11 is 0. The van der Waals surface area contributed by atoms with Crippen LogP contribution in [0.25, 0.3) is 0 Å². The number of carbonyl (C=O) groups excluding carboxylic acids is 3. The van der Waals surface area contributed by atoms with Gasteiger partial charge >= 0.3 is 0 Å². The topological polar surface area (TPSA) is 86.7 Å². The minimum Gasteiger partial charge on any atom is -0.342 e. The molecule has 1 saturated heterocycles. The summed E-state index contributed by atoms with van der Waals surface area (Å²) in [5, 5.41) is 0. The third-order valence-electron chi connectivity index (χ3n) is 4.77. The summed E-state index contributed by atoms with van der Waals surface area (Å²) in [6.45, 7) is 2.47. The molecule has 28 heavy (non-hydrogen) atoms. The van der Waals surface area contributed by atoms with Crippen LogP contribution in [0.2, 0.25) is 0 Å². The van der Waals surface area contributed by atoms with Gasteiger partial charge in [-0.1, -0.05) is 6.07 Å². The first-order valence-corrected chi connectivity index (χ1v) is 9.18. The molecule has 3 rings (SSSR count). The van der Waals surface area contributed by atoms with Gasteiger partial charge in [-0.05, 0) is 36.2 Å².